The molecule has 0 aromatic carbocycles. The maximum absolute atomic E-state index is 12.0. The molecule has 0 spiro atoms. The summed E-state index contributed by atoms with van der Waals surface area (Å²) in [6.07, 6.45) is 4.84. The molecule has 17 heavy (non-hydrogen) atoms. The zero-order valence-corrected chi connectivity index (χ0v) is 10.6. The third kappa shape index (κ3) is 4.24. The minimum atomic E-state index is -0.948. The Morgan fingerprint density at radius 3 is 2.47 bits per heavy atom. The summed E-state index contributed by atoms with van der Waals surface area (Å²) in [6.45, 7) is 3.71. The molecule has 0 aromatic rings. The van der Waals surface area contributed by atoms with Gasteiger partial charge in [-0.15, -0.1) is 0 Å². The van der Waals surface area contributed by atoms with Crippen LogP contribution in [0.1, 0.15) is 46.0 Å². The molecular weight excluding hydrogens is 220 g/mol. The second-order valence-corrected chi connectivity index (χ2v) is 4.72. The number of nitrogens with zero attached hydrogens (tertiary/aromatic N) is 1. The van der Waals surface area contributed by atoms with Gasteiger partial charge < -0.3 is 15.3 Å². The molecule has 1 atom stereocenters. The number of carboxylic acids is 1. The average Bonchev–Trinajstić information content (AvgIpc) is 2.78. The van der Waals surface area contributed by atoms with Crippen molar-refractivity contribution in [3.63, 3.8) is 0 Å². The molecular formula is C12H22N2O3. The standard InChI is InChI=1S/C12H22N2O3/c1-3-9(2)13-12(17)14(8-11(15)16)10-6-4-5-7-10/h9-10H,3-8H2,1-2H3,(H,13,17)(H,15,16). The molecule has 98 valence electrons. The van der Waals surface area contributed by atoms with Gasteiger partial charge in [-0.3, -0.25) is 4.79 Å². The van der Waals surface area contributed by atoms with Crippen molar-refractivity contribution in [2.75, 3.05) is 6.54 Å². The molecule has 5 nitrogen and oxygen atoms in total. The predicted octanol–water partition coefficient (Wildman–Crippen LogP) is 1.82. The molecule has 0 radical (unpaired) electrons. The second-order valence-electron chi connectivity index (χ2n) is 4.72. The zero-order chi connectivity index (χ0) is 12.8. The van der Waals surface area contributed by atoms with Gasteiger partial charge in [-0.1, -0.05) is 19.8 Å². The monoisotopic (exact) mass is 242 g/mol. The van der Waals surface area contributed by atoms with Crippen LogP contribution in [0.2, 0.25) is 0 Å². The van der Waals surface area contributed by atoms with Gasteiger partial charge in [0.05, 0.1) is 0 Å². The van der Waals surface area contributed by atoms with E-state index in [0.717, 1.165) is 32.1 Å². The summed E-state index contributed by atoms with van der Waals surface area (Å²) in [4.78, 5) is 24.3. The quantitative estimate of drug-likeness (QED) is 0.772. The van der Waals surface area contributed by atoms with Crippen molar-refractivity contribution >= 4 is 12.0 Å². The molecule has 5 heteroatoms. The molecule has 1 aliphatic carbocycles. The SMILES string of the molecule is CCC(C)NC(=O)N(CC(=O)O)C1CCCC1. The lowest BCUT2D eigenvalue weighted by atomic mass is 10.2. The molecule has 0 bridgehead atoms. The number of hydrogen-bond donors (Lipinski definition) is 2. The van der Waals surface area contributed by atoms with Gasteiger partial charge in [0.15, 0.2) is 0 Å². The van der Waals surface area contributed by atoms with E-state index >= 15 is 0 Å². The smallest absolute Gasteiger partial charge is 0.323 e. The highest BCUT2D eigenvalue weighted by Crippen LogP contribution is 2.23. The number of carbonyl (C=O) groups excluding carboxylic acids is 1. The molecule has 1 saturated carbocycles. The first-order valence-corrected chi connectivity index (χ1v) is 6.33. The molecule has 2 amide bonds. The highest BCUT2D eigenvalue weighted by Gasteiger charge is 2.28. The van der Waals surface area contributed by atoms with Crippen molar-refractivity contribution in [3.05, 3.63) is 0 Å². The number of amides is 2. The van der Waals surface area contributed by atoms with Crippen molar-refractivity contribution < 1.29 is 14.7 Å². The van der Waals surface area contributed by atoms with Crippen LogP contribution in [-0.4, -0.2) is 40.6 Å². The van der Waals surface area contributed by atoms with Crippen LogP contribution in [0.3, 0.4) is 0 Å². The summed E-state index contributed by atoms with van der Waals surface area (Å²) in [5.74, 6) is -0.948. The Bertz CT molecular complexity index is 275. The Balaban J connectivity index is 2.60. The fourth-order valence-corrected chi connectivity index (χ4v) is 2.12. The third-order valence-corrected chi connectivity index (χ3v) is 3.31. The summed E-state index contributed by atoms with van der Waals surface area (Å²) < 4.78 is 0. The Morgan fingerprint density at radius 2 is 2.00 bits per heavy atom. The number of rotatable bonds is 5. The van der Waals surface area contributed by atoms with E-state index in [-0.39, 0.29) is 24.7 Å². The van der Waals surface area contributed by atoms with E-state index in [1.165, 1.54) is 4.90 Å². The van der Waals surface area contributed by atoms with E-state index in [9.17, 15) is 9.59 Å². The number of carbonyl (C=O) groups is 2. The van der Waals surface area contributed by atoms with Crippen LogP contribution < -0.4 is 5.32 Å². The van der Waals surface area contributed by atoms with E-state index in [1.807, 2.05) is 13.8 Å². The third-order valence-electron chi connectivity index (χ3n) is 3.31. The number of nitrogens with one attached hydrogen (secondary N) is 1. The second kappa shape index (κ2) is 6.47. The van der Waals surface area contributed by atoms with Crippen LogP contribution >= 0.6 is 0 Å². The fraction of sp³-hybridized carbons (Fsp3) is 0.833. The first-order valence-electron chi connectivity index (χ1n) is 6.33. The van der Waals surface area contributed by atoms with Crippen molar-refractivity contribution in [3.8, 4) is 0 Å². The lowest BCUT2D eigenvalue weighted by Crippen LogP contribution is -2.49. The van der Waals surface area contributed by atoms with E-state index in [1.54, 1.807) is 0 Å². The highest BCUT2D eigenvalue weighted by atomic mass is 16.4. The van der Waals surface area contributed by atoms with Crippen LogP contribution in [-0.2, 0) is 4.79 Å². The predicted molar refractivity (Wildman–Crippen MR) is 64.9 cm³/mol. The molecule has 1 rings (SSSR count). The van der Waals surface area contributed by atoms with Gasteiger partial charge in [-0.25, -0.2) is 4.79 Å². The van der Waals surface area contributed by atoms with Gasteiger partial charge in [-0.05, 0) is 26.2 Å². The normalized spacial score (nSPS) is 17.8. The minimum absolute atomic E-state index is 0.0835. The number of aliphatic carboxylic acids is 1. The molecule has 0 aliphatic heterocycles. The molecule has 0 heterocycles. The van der Waals surface area contributed by atoms with Gasteiger partial charge in [0, 0.05) is 12.1 Å². The van der Waals surface area contributed by atoms with Gasteiger partial charge >= 0.3 is 12.0 Å². The van der Waals surface area contributed by atoms with Gasteiger partial charge in [0.2, 0.25) is 0 Å². The van der Waals surface area contributed by atoms with Crippen molar-refractivity contribution in [2.45, 2.75) is 58.0 Å². The fourth-order valence-electron chi connectivity index (χ4n) is 2.12. The first kappa shape index (κ1) is 13.8. The molecule has 1 unspecified atom stereocenters. The maximum Gasteiger partial charge on any atom is 0.323 e. The number of hydrogen-bond acceptors (Lipinski definition) is 2. The minimum Gasteiger partial charge on any atom is -0.480 e. The van der Waals surface area contributed by atoms with E-state index < -0.39 is 5.97 Å². The summed E-state index contributed by atoms with van der Waals surface area (Å²) in [5, 5.41) is 11.7. The Hall–Kier alpha value is -1.26. The van der Waals surface area contributed by atoms with Gasteiger partial charge in [-0.2, -0.15) is 0 Å². The summed E-state index contributed by atoms with van der Waals surface area (Å²) >= 11 is 0. The Morgan fingerprint density at radius 1 is 1.41 bits per heavy atom. The first-order chi connectivity index (χ1) is 8.04. The molecule has 1 fully saturated rings. The topological polar surface area (TPSA) is 69.6 Å². The van der Waals surface area contributed by atoms with E-state index in [0.29, 0.717) is 0 Å². The molecule has 1 aliphatic rings. The van der Waals surface area contributed by atoms with Crippen molar-refractivity contribution in [1.29, 1.82) is 0 Å². The van der Waals surface area contributed by atoms with E-state index in [2.05, 4.69) is 5.32 Å². The molecule has 0 saturated heterocycles. The Kier molecular flexibility index (Phi) is 5.25. The molecule has 2 N–H and O–H groups in total. The average molecular weight is 242 g/mol. The lowest BCUT2D eigenvalue weighted by Gasteiger charge is -2.28. The summed E-state index contributed by atoms with van der Waals surface area (Å²) in [5.41, 5.74) is 0. The van der Waals surface area contributed by atoms with Crippen LogP contribution in [0.4, 0.5) is 4.79 Å². The highest BCUT2D eigenvalue weighted by molar-refractivity contribution is 5.80. The van der Waals surface area contributed by atoms with E-state index in [4.69, 9.17) is 5.11 Å². The largest absolute Gasteiger partial charge is 0.480 e. The summed E-state index contributed by atoms with van der Waals surface area (Å²) in [7, 11) is 0. The summed E-state index contributed by atoms with van der Waals surface area (Å²) in [6, 6.07) is -0.0657. The van der Waals surface area contributed by atoms with Crippen LogP contribution in [0.15, 0.2) is 0 Å². The zero-order valence-electron chi connectivity index (χ0n) is 10.6. The lowest BCUT2D eigenvalue weighted by molar-refractivity contribution is -0.138. The van der Waals surface area contributed by atoms with Gasteiger partial charge in [0.1, 0.15) is 6.54 Å². The van der Waals surface area contributed by atoms with Crippen LogP contribution in [0, 0.1) is 0 Å². The maximum atomic E-state index is 12.0. The number of urea groups is 1. The van der Waals surface area contributed by atoms with Crippen LogP contribution in [0.25, 0.3) is 0 Å². The number of carboxylic acid groups (broad SMARTS) is 1. The van der Waals surface area contributed by atoms with Crippen molar-refractivity contribution in [1.82, 2.24) is 10.2 Å². The Labute approximate surface area is 102 Å². The van der Waals surface area contributed by atoms with Crippen LogP contribution in [0.5, 0.6) is 0 Å². The van der Waals surface area contributed by atoms with Crippen molar-refractivity contribution in [2.24, 2.45) is 0 Å². The molecule has 0 aromatic heterocycles. The van der Waals surface area contributed by atoms with Gasteiger partial charge in [0.25, 0.3) is 0 Å².